The summed E-state index contributed by atoms with van der Waals surface area (Å²) in [5, 5.41) is 17.5. The van der Waals surface area contributed by atoms with Crippen molar-refractivity contribution >= 4 is 34.1 Å². The summed E-state index contributed by atoms with van der Waals surface area (Å²) in [5.41, 5.74) is -3.04. The highest BCUT2D eigenvalue weighted by Gasteiger charge is 2.39. The van der Waals surface area contributed by atoms with E-state index in [1.807, 2.05) is 0 Å². The van der Waals surface area contributed by atoms with Crippen LogP contribution in [0, 0.1) is 11.8 Å². The molecule has 2 aliphatic heterocycles. The predicted octanol–water partition coefficient (Wildman–Crippen LogP) is -0.0362. The Morgan fingerprint density at radius 1 is 1.19 bits per heavy atom. The van der Waals surface area contributed by atoms with Gasteiger partial charge in [-0.15, -0.1) is 0 Å². The highest BCUT2D eigenvalue weighted by molar-refractivity contribution is 7.86. The van der Waals surface area contributed by atoms with Crippen LogP contribution < -0.4 is 16.0 Å². The molecule has 1 unspecified atom stereocenters. The molecule has 2 rings (SSSR count). The lowest BCUT2D eigenvalue weighted by atomic mass is 9.97. The van der Waals surface area contributed by atoms with E-state index in [0.29, 0.717) is 13.0 Å². The number of likely N-dealkylation sites (tertiary alicyclic amines) is 1. The molecule has 2 fully saturated rings. The second-order valence-electron chi connectivity index (χ2n) is 10.8. The molecule has 0 spiro atoms. The summed E-state index contributed by atoms with van der Waals surface area (Å²) in [7, 11) is -4.96. The second kappa shape index (κ2) is 12.3. The molecule has 0 saturated carbocycles. The van der Waals surface area contributed by atoms with E-state index in [1.165, 1.54) is 4.90 Å². The smallest absolute Gasteiger partial charge is 0.410 e. The van der Waals surface area contributed by atoms with Crippen molar-refractivity contribution in [1.29, 1.82) is 0 Å². The highest BCUT2D eigenvalue weighted by Crippen LogP contribution is 2.21. The van der Waals surface area contributed by atoms with Crippen LogP contribution in [0.25, 0.3) is 0 Å². The number of nitrogens with one attached hydrogen (secondary N) is 3. The standard InChI is InChI=1S/C22H38N4O10S/c1-12(2)8-15(25-20(30)35-14-10-26(11-14)21(31)36-22(3,4)5)18(28)24-16(19(29)37(32,33)34)9-13-6-7-23-17(13)27/h12-16,19,29H,6-11H2,1-5H3,(H,23,27)(H,24,28)(H,25,30)(H,32,33,34)/t13-,15+,16+,19?/m1/s1. The van der Waals surface area contributed by atoms with Gasteiger partial charge in [0.25, 0.3) is 10.1 Å². The molecule has 2 saturated heterocycles. The van der Waals surface area contributed by atoms with Crippen LogP contribution in [0.4, 0.5) is 9.59 Å². The number of alkyl carbamates (subject to hydrolysis) is 1. The van der Waals surface area contributed by atoms with Crippen molar-refractivity contribution in [1.82, 2.24) is 20.9 Å². The van der Waals surface area contributed by atoms with Gasteiger partial charge in [0, 0.05) is 12.5 Å². The fourth-order valence-electron chi connectivity index (χ4n) is 3.93. The summed E-state index contributed by atoms with van der Waals surface area (Å²) in [4.78, 5) is 50.8. The summed E-state index contributed by atoms with van der Waals surface area (Å²) in [5.74, 6) is -1.92. The minimum atomic E-state index is -4.96. The fraction of sp³-hybridized carbons (Fsp3) is 0.818. The van der Waals surface area contributed by atoms with Gasteiger partial charge in [0.15, 0.2) is 0 Å². The van der Waals surface area contributed by atoms with Gasteiger partial charge in [-0.1, -0.05) is 13.8 Å². The topological polar surface area (TPSA) is 201 Å². The van der Waals surface area contributed by atoms with Crippen LogP contribution >= 0.6 is 0 Å². The molecular formula is C22H38N4O10S. The zero-order chi connectivity index (χ0) is 28.1. The summed E-state index contributed by atoms with van der Waals surface area (Å²) >= 11 is 0. The van der Waals surface area contributed by atoms with E-state index in [4.69, 9.17) is 9.47 Å². The maximum Gasteiger partial charge on any atom is 0.410 e. The number of carbonyl (C=O) groups excluding carboxylic acids is 4. The molecule has 5 N–H and O–H groups in total. The summed E-state index contributed by atoms with van der Waals surface area (Å²) < 4.78 is 43.0. The van der Waals surface area contributed by atoms with Gasteiger partial charge in [0.05, 0.1) is 19.1 Å². The first-order chi connectivity index (χ1) is 17.0. The number of aliphatic hydroxyl groups is 1. The van der Waals surface area contributed by atoms with E-state index in [1.54, 1.807) is 34.6 Å². The van der Waals surface area contributed by atoms with Gasteiger partial charge in [0.2, 0.25) is 17.3 Å². The first-order valence-electron chi connectivity index (χ1n) is 12.1. The summed E-state index contributed by atoms with van der Waals surface area (Å²) in [6.07, 6.45) is -1.79. The maximum atomic E-state index is 13.0. The monoisotopic (exact) mass is 550 g/mol. The Morgan fingerprint density at radius 3 is 2.30 bits per heavy atom. The van der Waals surface area contributed by atoms with Crippen LogP contribution in [0.1, 0.15) is 53.9 Å². The van der Waals surface area contributed by atoms with Crippen LogP contribution in [0.5, 0.6) is 0 Å². The average Bonchev–Trinajstić information content (AvgIpc) is 3.10. The van der Waals surface area contributed by atoms with E-state index in [2.05, 4.69) is 16.0 Å². The SMILES string of the molecule is CC(C)C[C@H](NC(=O)OC1CN(C(=O)OC(C)(C)C)C1)C(=O)N[C@@H](C[C@H]1CCNC1=O)C(O)S(=O)(=O)O. The van der Waals surface area contributed by atoms with Gasteiger partial charge < -0.3 is 35.4 Å². The number of hydrogen-bond acceptors (Lipinski definition) is 9. The number of aliphatic hydroxyl groups excluding tert-OH is 1. The van der Waals surface area contributed by atoms with Gasteiger partial charge in [-0.05, 0) is 46.0 Å². The predicted molar refractivity (Wildman–Crippen MR) is 130 cm³/mol. The third kappa shape index (κ3) is 9.63. The van der Waals surface area contributed by atoms with Crippen molar-refractivity contribution in [3.8, 4) is 0 Å². The molecule has 37 heavy (non-hydrogen) atoms. The average molecular weight is 551 g/mol. The van der Waals surface area contributed by atoms with Crippen LogP contribution in [0.15, 0.2) is 0 Å². The molecule has 0 aromatic rings. The van der Waals surface area contributed by atoms with E-state index in [9.17, 15) is 37.3 Å². The molecule has 0 bridgehead atoms. The van der Waals surface area contributed by atoms with Crippen molar-refractivity contribution in [2.45, 2.75) is 83.1 Å². The van der Waals surface area contributed by atoms with Crippen molar-refractivity contribution in [2.24, 2.45) is 11.8 Å². The number of ether oxygens (including phenoxy) is 2. The number of amides is 4. The lowest BCUT2D eigenvalue weighted by Crippen LogP contribution is -2.58. The largest absolute Gasteiger partial charge is 0.444 e. The molecular weight excluding hydrogens is 512 g/mol. The van der Waals surface area contributed by atoms with Crippen LogP contribution in [0.2, 0.25) is 0 Å². The number of carbonyl (C=O) groups is 4. The summed E-state index contributed by atoms with van der Waals surface area (Å²) in [6, 6.07) is -2.67. The Kier molecular flexibility index (Phi) is 10.1. The lowest BCUT2D eigenvalue weighted by molar-refractivity contribution is -0.126. The van der Waals surface area contributed by atoms with Crippen LogP contribution in [-0.4, -0.2) is 95.8 Å². The lowest BCUT2D eigenvalue weighted by Gasteiger charge is -2.39. The Labute approximate surface area is 216 Å². The van der Waals surface area contributed by atoms with E-state index < -0.39 is 63.4 Å². The minimum absolute atomic E-state index is 0.0760. The molecule has 14 nitrogen and oxygen atoms in total. The van der Waals surface area contributed by atoms with E-state index in [-0.39, 0.29) is 37.8 Å². The molecule has 212 valence electrons. The van der Waals surface area contributed by atoms with Gasteiger partial charge in [-0.3, -0.25) is 14.1 Å². The molecule has 0 aromatic heterocycles. The third-order valence-corrected chi connectivity index (χ3v) is 6.71. The normalized spacial score (nSPS) is 20.9. The van der Waals surface area contributed by atoms with Crippen LogP contribution in [-0.2, 0) is 29.2 Å². The molecule has 4 amide bonds. The van der Waals surface area contributed by atoms with E-state index >= 15 is 0 Å². The van der Waals surface area contributed by atoms with Gasteiger partial charge >= 0.3 is 12.2 Å². The molecule has 2 heterocycles. The number of nitrogens with zero attached hydrogens (tertiary/aromatic N) is 1. The first-order valence-corrected chi connectivity index (χ1v) is 13.6. The number of hydrogen-bond donors (Lipinski definition) is 5. The molecule has 15 heteroatoms. The first kappa shape index (κ1) is 30.6. The molecule has 0 aliphatic carbocycles. The Balaban J connectivity index is 1.99. The van der Waals surface area contributed by atoms with Gasteiger partial charge in [-0.2, -0.15) is 8.42 Å². The zero-order valence-electron chi connectivity index (χ0n) is 21.7. The molecule has 0 aromatic carbocycles. The van der Waals surface area contributed by atoms with Crippen molar-refractivity contribution < 1.29 is 46.7 Å². The van der Waals surface area contributed by atoms with Gasteiger partial charge in [-0.25, -0.2) is 9.59 Å². The number of rotatable bonds is 10. The zero-order valence-corrected chi connectivity index (χ0v) is 22.5. The maximum absolute atomic E-state index is 13.0. The highest BCUT2D eigenvalue weighted by atomic mass is 32.2. The molecule has 2 aliphatic rings. The third-order valence-electron chi connectivity index (χ3n) is 5.77. The Hall–Kier alpha value is -2.65. The van der Waals surface area contributed by atoms with Crippen molar-refractivity contribution in [3.05, 3.63) is 0 Å². The second-order valence-corrected chi connectivity index (χ2v) is 12.3. The van der Waals surface area contributed by atoms with E-state index in [0.717, 1.165) is 0 Å². The van der Waals surface area contributed by atoms with Gasteiger partial charge in [0.1, 0.15) is 17.7 Å². The van der Waals surface area contributed by atoms with Crippen molar-refractivity contribution in [3.63, 3.8) is 0 Å². The molecule has 4 atom stereocenters. The molecule has 0 radical (unpaired) electrons. The summed E-state index contributed by atoms with van der Waals surface area (Å²) in [6.45, 7) is 9.39. The van der Waals surface area contributed by atoms with Crippen molar-refractivity contribution in [2.75, 3.05) is 19.6 Å². The minimum Gasteiger partial charge on any atom is -0.444 e. The fourth-order valence-corrected chi connectivity index (χ4v) is 4.53. The Morgan fingerprint density at radius 2 is 1.81 bits per heavy atom. The van der Waals surface area contributed by atoms with Crippen LogP contribution in [0.3, 0.4) is 0 Å². The Bertz CT molecular complexity index is 959. The quantitative estimate of drug-likeness (QED) is 0.230.